The lowest BCUT2D eigenvalue weighted by Crippen LogP contribution is -2.45. The fourth-order valence-electron chi connectivity index (χ4n) is 3.15. The summed E-state index contributed by atoms with van der Waals surface area (Å²) < 4.78 is 4.04. The van der Waals surface area contributed by atoms with Crippen molar-refractivity contribution >= 4 is 29.9 Å². The van der Waals surface area contributed by atoms with E-state index in [-0.39, 0.29) is 24.0 Å². The highest BCUT2D eigenvalue weighted by atomic mass is 127. The number of hydrogen-bond acceptors (Lipinski definition) is 4. The summed E-state index contributed by atoms with van der Waals surface area (Å²) >= 11 is 0. The maximum atomic E-state index is 4.76. The average molecular weight is 486 g/mol. The Balaban J connectivity index is 0.00000261. The molecule has 150 valence electrons. The van der Waals surface area contributed by atoms with Crippen molar-refractivity contribution in [3.05, 3.63) is 29.1 Å². The summed E-state index contributed by atoms with van der Waals surface area (Å²) in [6.07, 6.45) is 5.28. The second-order valence-corrected chi connectivity index (χ2v) is 7.18. The maximum Gasteiger partial charge on any atom is 0.191 e. The summed E-state index contributed by atoms with van der Waals surface area (Å²) in [5.41, 5.74) is 2.59. The molecule has 9 heteroatoms. The van der Waals surface area contributed by atoms with Gasteiger partial charge in [-0.1, -0.05) is 0 Å². The average Bonchev–Trinajstić information content (AvgIpc) is 3.17. The summed E-state index contributed by atoms with van der Waals surface area (Å²) in [7, 11) is 1.97. The van der Waals surface area contributed by atoms with Crippen LogP contribution in [0.1, 0.15) is 56.1 Å². The van der Waals surface area contributed by atoms with Crippen LogP contribution in [0.3, 0.4) is 0 Å². The summed E-state index contributed by atoms with van der Waals surface area (Å²) in [6.45, 7) is 9.68. The SMILES string of the molecule is CCNC(=NCc1nnc(C)n1C)NC1CCc2cn(C(C)C)nc2C1.I. The molecule has 0 spiro atoms. The number of aliphatic imine (C=N–C) groups is 1. The Morgan fingerprint density at radius 2 is 2.15 bits per heavy atom. The lowest BCUT2D eigenvalue weighted by Gasteiger charge is -2.24. The Morgan fingerprint density at radius 3 is 2.78 bits per heavy atom. The summed E-state index contributed by atoms with van der Waals surface area (Å²) in [6, 6.07) is 0.748. The van der Waals surface area contributed by atoms with Crippen LogP contribution in [0.5, 0.6) is 0 Å². The van der Waals surface area contributed by atoms with Gasteiger partial charge in [-0.3, -0.25) is 4.68 Å². The first-order chi connectivity index (χ1) is 12.5. The number of aryl methyl sites for hydroxylation is 2. The van der Waals surface area contributed by atoms with E-state index in [1.165, 1.54) is 11.3 Å². The van der Waals surface area contributed by atoms with E-state index in [2.05, 4.69) is 57.5 Å². The molecule has 3 rings (SSSR count). The van der Waals surface area contributed by atoms with Crippen molar-refractivity contribution in [1.82, 2.24) is 35.2 Å². The standard InChI is InChI=1S/C18H30N8.HI/c1-6-19-18(20-10-17-23-22-13(4)25(17)5)21-15-8-7-14-11-26(12(2)3)24-16(14)9-15;/h11-12,15H,6-10H2,1-5H3,(H2,19,20,21);1H. The minimum absolute atomic E-state index is 0. The Kier molecular flexibility index (Phi) is 7.63. The fraction of sp³-hybridized carbons (Fsp3) is 0.667. The fourth-order valence-corrected chi connectivity index (χ4v) is 3.15. The van der Waals surface area contributed by atoms with Crippen molar-refractivity contribution in [3.8, 4) is 0 Å². The molecule has 1 aliphatic carbocycles. The molecule has 0 saturated carbocycles. The van der Waals surface area contributed by atoms with Gasteiger partial charge in [-0.2, -0.15) is 5.10 Å². The lowest BCUT2D eigenvalue weighted by atomic mass is 9.94. The van der Waals surface area contributed by atoms with Gasteiger partial charge >= 0.3 is 0 Å². The van der Waals surface area contributed by atoms with Crippen LogP contribution in [-0.2, 0) is 26.4 Å². The minimum Gasteiger partial charge on any atom is -0.357 e. The number of fused-ring (bicyclic) bond motifs is 1. The highest BCUT2D eigenvalue weighted by Gasteiger charge is 2.23. The van der Waals surface area contributed by atoms with Gasteiger partial charge in [-0.25, -0.2) is 4.99 Å². The number of guanidine groups is 1. The van der Waals surface area contributed by atoms with Crippen LogP contribution in [0.15, 0.2) is 11.2 Å². The molecule has 1 unspecified atom stereocenters. The van der Waals surface area contributed by atoms with E-state index < -0.39 is 0 Å². The summed E-state index contributed by atoms with van der Waals surface area (Å²) in [4.78, 5) is 4.69. The zero-order valence-electron chi connectivity index (χ0n) is 16.9. The van der Waals surface area contributed by atoms with E-state index in [1.54, 1.807) is 0 Å². The highest BCUT2D eigenvalue weighted by molar-refractivity contribution is 14.0. The van der Waals surface area contributed by atoms with E-state index in [0.717, 1.165) is 43.4 Å². The smallest absolute Gasteiger partial charge is 0.191 e. The van der Waals surface area contributed by atoms with Crippen molar-refractivity contribution in [2.24, 2.45) is 12.0 Å². The zero-order chi connectivity index (χ0) is 18.7. The predicted molar refractivity (Wildman–Crippen MR) is 118 cm³/mol. The number of nitrogens with zero attached hydrogens (tertiary/aromatic N) is 6. The summed E-state index contributed by atoms with van der Waals surface area (Å²) in [5, 5.41) is 19.9. The third-order valence-electron chi connectivity index (χ3n) is 4.87. The number of aromatic nitrogens is 5. The van der Waals surface area contributed by atoms with Gasteiger partial charge < -0.3 is 15.2 Å². The van der Waals surface area contributed by atoms with Gasteiger partial charge in [-0.05, 0) is 46.1 Å². The first-order valence-electron chi connectivity index (χ1n) is 9.44. The Morgan fingerprint density at radius 1 is 1.37 bits per heavy atom. The molecule has 0 aliphatic heterocycles. The van der Waals surface area contributed by atoms with Gasteiger partial charge in [0.15, 0.2) is 11.8 Å². The van der Waals surface area contributed by atoms with Crippen LogP contribution in [0.25, 0.3) is 0 Å². The molecule has 2 aromatic heterocycles. The normalized spacial score (nSPS) is 16.8. The van der Waals surface area contributed by atoms with Crippen molar-refractivity contribution in [2.45, 2.75) is 65.6 Å². The molecule has 0 saturated heterocycles. The van der Waals surface area contributed by atoms with Crippen molar-refractivity contribution in [3.63, 3.8) is 0 Å². The van der Waals surface area contributed by atoms with Gasteiger partial charge in [0, 0.05) is 38.3 Å². The number of hydrogen-bond donors (Lipinski definition) is 2. The van der Waals surface area contributed by atoms with Gasteiger partial charge in [-0.15, -0.1) is 34.2 Å². The molecule has 1 aliphatic rings. The van der Waals surface area contributed by atoms with Gasteiger partial charge in [0.25, 0.3) is 0 Å². The third-order valence-corrected chi connectivity index (χ3v) is 4.87. The molecular formula is C18H31IN8. The van der Waals surface area contributed by atoms with Crippen LogP contribution in [0, 0.1) is 6.92 Å². The van der Waals surface area contributed by atoms with Crippen LogP contribution in [-0.4, -0.2) is 43.1 Å². The maximum absolute atomic E-state index is 4.76. The van der Waals surface area contributed by atoms with Gasteiger partial charge in [0.2, 0.25) is 0 Å². The topological polar surface area (TPSA) is 85.0 Å². The molecule has 0 amide bonds. The first-order valence-corrected chi connectivity index (χ1v) is 9.44. The molecule has 0 radical (unpaired) electrons. The van der Waals surface area contributed by atoms with Crippen molar-refractivity contribution < 1.29 is 0 Å². The molecule has 27 heavy (non-hydrogen) atoms. The lowest BCUT2D eigenvalue weighted by molar-refractivity contribution is 0.499. The number of nitrogens with one attached hydrogen (secondary N) is 2. The minimum atomic E-state index is 0. The zero-order valence-corrected chi connectivity index (χ0v) is 19.2. The number of halogens is 1. The Hall–Kier alpha value is -1.65. The summed E-state index contributed by atoms with van der Waals surface area (Å²) in [5.74, 6) is 2.58. The van der Waals surface area contributed by atoms with E-state index >= 15 is 0 Å². The Bertz CT molecular complexity index is 776. The molecule has 0 fully saturated rings. The molecule has 2 N–H and O–H groups in total. The van der Waals surface area contributed by atoms with E-state index in [0.29, 0.717) is 18.6 Å². The van der Waals surface area contributed by atoms with Crippen molar-refractivity contribution in [2.75, 3.05) is 6.54 Å². The molecule has 0 bridgehead atoms. The van der Waals surface area contributed by atoms with E-state index in [1.807, 2.05) is 18.5 Å². The quantitative estimate of drug-likeness (QED) is 0.385. The monoisotopic (exact) mass is 486 g/mol. The molecular weight excluding hydrogens is 455 g/mol. The largest absolute Gasteiger partial charge is 0.357 e. The first kappa shape index (κ1) is 21.6. The molecule has 2 heterocycles. The van der Waals surface area contributed by atoms with Crippen LogP contribution in [0.2, 0.25) is 0 Å². The molecule has 0 aromatic carbocycles. The van der Waals surface area contributed by atoms with Gasteiger partial charge in [0.1, 0.15) is 12.4 Å². The third kappa shape index (κ3) is 5.20. The van der Waals surface area contributed by atoms with Crippen molar-refractivity contribution in [1.29, 1.82) is 0 Å². The highest BCUT2D eigenvalue weighted by Crippen LogP contribution is 2.21. The Labute approximate surface area is 178 Å². The van der Waals surface area contributed by atoms with Gasteiger partial charge in [0.05, 0.1) is 5.69 Å². The van der Waals surface area contributed by atoms with E-state index in [9.17, 15) is 0 Å². The predicted octanol–water partition coefficient (Wildman–Crippen LogP) is 2.13. The van der Waals surface area contributed by atoms with E-state index in [4.69, 9.17) is 5.10 Å². The van der Waals surface area contributed by atoms with Crippen LogP contribution < -0.4 is 10.6 Å². The number of rotatable bonds is 5. The van der Waals surface area contributed by atoms with Crippen LogP contribution in [0.4, 0.5) is 0 Å². The molecule has 1 atom stereocenters. The molecule has 8 nitrogen and oxygen atoms in total. The van der Waals surface area contributed by atoms with Crippen LogP contribution >= 0.6 is 24.0 Å². The second-order valence-electron chi connectivity index (χ2n) is 7.18. The second kappa shape index (κ2) is 9.52. The molecule has 2 aromatic rings.